The van der Waals surface area contributed by atoms with Crippen molar-refractivity contribution < 1.29 is 13.6 Å². The Morgan fingerprint density at radius 2 is 2.10 bits per heavy atom. The molecule has 1 N–H and O–H groups in total. The molecule has 0 saturated carbocycles. The molecule has 1 saturated heterocycles. The highest BCUT2D eigenvalue weighted by Crippen LogP contribution is 2.33. The fourth-order valence-corrected chi connectivity index (χ4v) is 4.81. The number of para-hydroxylation sites is 1. The lowest BCUT2D eigenvalue weighted by Crippen LogP contribution is -2.43. The summed E-state index contributed by atoms with van der Waals surface area (Å²) < 4.78 is 27.7. The van der Waals surface area contributed by atoms with Gasteiger partial charge in [0, 0.05) is 25.0 Å². The molecule has 1 fully saturated rings. The van der Waals surface area contributed by atoms with Crippen molar-refractivity contribution in [3.8, 4) is 0 Å². The van der Waals surface area contributed by atoms with Crippen LogP contribution < -0.4 is 5.32 Å². The molecule has 1 aliphatic rings. The lowest BCUT2D eigenvalue weighted by atomic mass is 9.98. The fraction of sp³-hybridized carbons (Fsp3) is 0.364. The lowest BCUT2D eigenvalue weighted by Gasteiger charge is -2.32. The van der Waals surface area contributed by atoms with Crippen molar-refractivity contribution >= 4 is 27.5 Å². The third kappa shape index (κ3) is 4.46. The molecule has 0 bridgehead atoms. The number of likely N-dealkylation sites (tertiary alicyclic amines) is 1. The number of rotatable bonds is 5. The summed E-state index contributed by atoms with van der Waals surface area (Å²) in [5, 5.41) is 4.22. The zero-order valence-corrected chi connectivity index (χ0v) is 17.0. The first kappa shape index (κ1) is 19.9. The van der Waals surface area contributed by atoms with E-state index in [-0.39, 0.29) is 24.4 Å². The van der Waals surface area contributed by atoms with Crippen LogP contribution in [0, 0.1) is 11.6 Å². The Labute approximate surface area is 172 Å². The van der Waals surface area contributed by atoms with Gasteiger partial charge in [0.15, 0.2) is 11.6 Å². The standard InChI is InChI=1S/C22H23F2N3OS/c1-14(15-8-9-17(23)18(24)11-15)25-12-21(28)27-10-4-5-16(13-27)22-26-19-6-2-3-7-20(19)29-22/h2-3,6-9,11,14,16,25H,4-5,10,12-13H2,1H3/t14-,16+/m1/s1. The maximum Gasteiger partial charge on any atom is 0.236 e. The van der Waals surface area contributed by atoms with Crippen LogP contribution in [0.25, 0.3) is 10.2 Å². The summed E-state index contributed by atoms with van der Waals surface area (Å²) in [5.74, 6) is -1.47. The molecule has 3 aromatic rings. The van der Waals surface area contributed by atoms with E-state index in [0.717, 1.165) is 36.0 Å². The van der Waals surface area contributed by atoms with Crippen LogP contribution in [0.5, 0.6) is 0 Å². The molecule has 2 atom stereocenters. The number of hydrogen-bond donors (Lipinski definition) is 1. The van der Waals surface area contributed by atoms with Crippen LogP contribution in [0.4, 0.5) is 8.78 Å². The molecule has 1 aliphatic heterocycles. The van der Waals surface area contributed by atoms with E-state index in [4.69, 9.17) is 4.98 Å². The fourth-order valence-electron chi connectivity index (χ4n) is 3.72. The predicted octanol–water partition coefficient (Wildman–Crippen LogP) is 4.63. The first-order valence-corrected chi connectivity index (χ1v) is 10.6. The Bertz CT molecular complexity index is 989. The molecule has 0 spiro atoms. The number of amides is 1. The number of carbonyl (C=O) groups is 1. The molecule has 0 unspecified atom stereocenters. The van der Waals surface area contributed by atoms with Crippen molar-refractivity contribution in [2.75, 3.05) is 19.6 Å². The zero-order valence-electron chi connectivity index (χ0n) is 16.2. The summed E-state index contributed by atoms with van der Waals surface area (Å²) >= 11 is 1.70. The molecule has 4 rings (SSSR count). The monoisotopic (exact) mass is 415 g/mol. The van der Waals surface area contributed by atoms with E-state index < -0.39 is 11.6 Å². The van der Waals surface area contributed by atoms with Crippen LogP contribution in [0.3, 0.4) is 0 Å². The van der Waals surface area contributed by atoms with Gasteiger partial charge in [-0.25, -0.2) is 13.8 Å². The number of nitrogens with zero attached hydrogens (tertiary/aromatic N) is 2. The zero-order chi connectivity index (χ0) is 20.4. The number of thiazole rings is 1. The van der Waals surface area contributed by atoms with E-state index >= 15 is 0 Å². The number of aromatic nitrogens is 1. The average Bonchev–Trinajstić information content (AvgIpc) is 3.18. The third-order valence-corrected chi connectivity index (χ3v) is 6.64. The summed E-state index contributed by atoms with van der Waals surface area (Å²) in [6.07, 6.45) is 1.98. The Morgan fingerprint density at radius 3 is 2.90 bits per heavy atom. The molecule has 1 aromatic heterocycles. The molecular weight excluding hydrogens is 392 g/mol. The molecule has 152 valence electrons. The van der Waals surface area contributed by atoms with Gasteiger partial charge in [-0.1, -0.05) is 18.2 Å². The summed E-state index contributed by atoms with van der Waals surface area (Å²) in [4.78, 5) is 19.4. The first-order chi connectivity index (χ1) is 14.0. The number of fused-ring (bicyclic) bond motifs is 1. The van der Waals surface area contributed by atoms with Gasteiger partial charge in [-0.3, -0.25) is 4.79 Å². The topological polar surface area (TPSA) is 45.2 Å². The van der Waals surface area contributed by atoms with Gasteiger partial charge < -0.3 is 10.2 Å². The SMILES string of the molecule is C[C@@H](NCC(=O)N1CCC[C@H](c2nc3ccccc3s2)C1)c1ccc(F)c(F)c1. The van der Waals surface area contributed by atoms with E-state index in [9.17, 15) is 13.6 Å². The van der Waals surface area contributed by atoms with Crippen molar-refractivity contribution in [3.63, 3.8) is 0 Å². The molecule has 0 radical (unpaired) electrons. The van der Waals surface area contributed by atoms with Crippen molar-refractivity contribution in [3.05, 3.63) is 64.7 Å². The van der Waals surface area contributed by atoms with E-state index in [1.165, 1.54) is 16.8 Å². The minimum atomic E-state index is -0.878. The Balaban J connectivity index is 1.36. The van der Waals surface area contributed by atoms with E-state index in [1.807, 2.05) is 30.0 Å². The second kappa shape index (κ2) is 8.55. The summed E-state index contributed by atoms with van der Waals surface area (Å²) in [6.45, 7) is 3.40. The first-order valence-electron chi connectivity index (χ1n) is 9.83. The largest absolute Gasteiger partial charge is 0.341 e. The summed E-state index contributed by atoms with van der Waals surface area (Å²) in [6, 6.07) is 11.7. The predicted molar refractivity (Wildman–Crippen MR) is 111 cm³/mol. The minimum Gasteiger partial charge on any atom is -0.341 e. The van der Waals surface area contributed by atoms with Gasteiger partial charge >= 0.3 is 0 Å². The van der Waals surface area contributed by atoms with Gasteiger partial charge in [0.1, 0.15) is 0 Å². The number of halogens is 2. The maximum atomic E-state index is 13.4. The number of hydrogen-bond acceptors (Lipinski definition) is 4. The van der Waals surface area contributed by atoms with Crippen LogP contribution in [-0.2, 0) is 4.79 Å². The number of benzene rings is 2. The molecule has 0 aliphatic carbocycles. The smallest absolute Gasteiger partial charge is 0.236 e. The summed E-state index contributed by atoms with van der Waals surface area (Å²) in [7, 11) is 0. The Morgan fingerprint density at radius 1 is 1.28 bits per heavy atom. The lowest BCUT2D eigenvalue weighted by molar-refractivity contribution is -0.131. The van der Waals surface area contributed by atoms with Gasteiger partial charge in [0.05, 0.1) is 21.8 Å². The highest BCUT2D eigenvalue weighted by atomic mass is 32.1. The normalized spacial score (nSPS) is 18.2. The number of nitrogens with one attached hydrogen (secondary N) is 1. The van der Waals surface area contributed by atoms with Crippen molar-refractivity contribution in [2.24, 2.45) is 0 Å². The molecule has 7 heteroatoms. The van der Waals surface area contributed by atoms with Crippen molar-refractivity contribution in [1.82, 2.24) is 15.2 Å². The van der Waals surface area contributed by atoms with Crippen molar-refractivity contribution in [2.45, 2.75) is 31.7 Å². The average molecular weight is 416 g/mol. The van der Waals surface area contributed by atoms with Gasteiger partial charge in [-0.15, -0.1) is 11.3 Å². The highest BCUT2D eigenvalue weighted by Gasteiger charge is 2.27. The Hall–Kier alpha value is -2.38. The van der Waals surface area contributed by atoms with Gasteiger partial charge in [0.2, 0.25) is 5.91 Å². The Kier molecular flexibility index (Phi) is 5.87. The number of piperidine rings is 1. The molecule has 4 nitrogen and oxygen atoms in total. The highest BCUT2D eigenvalue weighted by molar-refractivity contribution is 7.18. The van der Waals surface area contributed by atoms with Crippen molar-refractivity contribution in [1.29, 1.82) is 0 Å². The number of carbonyl (C=O) groups excluding carboxylic acids is 1. The van der Waals surface area contributed by atoms with Crippen LogP contribution >= 0.6 is 11.3 Å². The van der Waals surface area contributed by atoms with Gasteiger partial charge in [-0.2, -0.15) is 0 Å². The molecular formula is C22H23F2N3OS. The third-order valence-electron chi connectivity index (χ3n) is 5.44. The molecule has 2 aromatic carbocycles. The second-order valence-corrected chi connectivity index (χ2v) is 8.54. The van der Waals surface area contributed by atoms with Gasteiger partial charge in [-0.05, 0) is 49.6 Å². The quantitative estimate of drug-likeness (QED) is 0.661. The van der Waals surface area contributed by atoms with Gasteiger partial charge in [0.25, 0.3) is 0 Å². The molecule has 2 heterocycles. The van der Waals surface area contributed by atoms with E-state index in [0.29, 0.717) is 12.1 Å². The minimum absolute atomic E-state index is 0.0187. The molecule has 1 amide bonds. The van der Waals surface area contributed by atoms with E-state index in [2.05, 4.69) is 11.4 Å². The van der Waals surface area contributed by atoms with Crippen LogP contribution in [0.15, 0.2) is 42.5 Å². The summed E-state index contributed by atoms with van der Waals surface area (Å²) in [5.41, 5.74) is 1.63. The second-order valence-electron chi connectivity index (χ2n) is 7.47. The molecule has 29 heavy (non-hydrogen) atoms. The van der Waals surface area contributed by atoms with Crippen LogP contribution in [0.1, 0.15) is 42.3 Å². The van der Waals surface area contributed by atoms with E-state index in [1.54, 1.807) is 11.3 Å². The van der Waals surface area contributed by atoms with Crippen LogP contribution in [0.2, 0.25) is 0 Å². The maximum absolute atomic E-state index is 13.4. The van der Waals surface area contributed by atoms with Crippen LogP contribution in [-0.4, -0.2) is 35.4 Å².